The number of nitrogens with one attached hydrogen (secondary N) is 1. The first-order valence-electron chi connectivity index (χ1n) is 7.88. The van der Waals surface area contributed by atoms with E-state index in [0.717, 1.165) is 44.1 Å². The smallest absolute Gasteiger partial charge is 0.127 e. The van der Waals surface area contributed by atoms with Gasteiger partial charge in [0, 0.05) is 43.9 Å². The Kier molecular flexibility index (Phi) is 10.7. The van der Waals surface area contributed by atoms with Crippen LogP contribution in [0.25, 0.3) is 0 Å². The van der Waals surface area contributed by atoms with Crippen LogP contribution in [0.5, 0.6) is 11.5 Å². The summed E-state index contributed by atoms with van der Waals surface area (Å²) in [6.45, 7) is 8.89. The zero-order chi connectivity index (χ0) is 15.2. The van der Waals surface area contributed by atoms with Crippen molar-refractivity contribution < 1.29 is 9.47 Å². The van der Waals surface area contributed by atoms with Crippen molar-refractivity contribution in [3.8, 4) is 11.5 Å². The lowest BCUT2D eigenvalue weighted by molar-refractivity contribution is 0.126. The molecule has 0 aliphatic carbocycles. The van der Waals surface area contributed by atoms with Gasteiger partial charge in [0.05, 0.1) is 14.2 Å². The van der Waals surface area contributed by atoms with Gasteiger partial charge in [-0.15, -0.1) is 24.8 Å². The average Bonchev–Trinajstić information content (AvgIpc) is 2.56. The molecule has 23 heavy (non-hydrogen) atoms. The molecule has 1 aliphatic rings. The third-order valence-electron chi connectivity index (χ3n) is 4.49. The molecule has 0 saturated carbocycles. The van der Waals surface area contributed by atoms with Crippen LogP contribution in [0.3, 0.4) is 0 Å². The molecular weight excluding hydrogens is 335 g/mol. The van der Waals surface area contributed by atoms with Crippen molar-refractivity contribution in [3.05, 3.63) is 23.8 Å². The quantitative estimate of drug-likeness (QED) is 0.836. The number of methoxy groups -OCH3 is 2. The largest absolute Gasteiger partial charge is 0.497 e. The van der Waals surface area contributed by atoms with E-state index < -0.39 is 0 Å². The lowest BCUT2D eigenvalue weighted by Gasteiger charge is -2.39. The van der Waals surface area contributed by atoms with Gasteiger partial charge in [-0.05, 0) is 12.0 Å². The lowest BCUT2D eigenvalue weighted by Crippen LogP contribution is -2.46. The first kappa shape index (κ1) is 22.3. The predicted molar refractivity (Wildman–Crippen MR) is 101 cm³/mol. The van der Waals surface area contributed by atoms with E-state index in [0.29, 0.717) is 12.0 Å². The highest BCUT2D eigenvalue weighted by molar-refractivity contribution is 5.85. The Bertz CT molecular complexity index is 454. The summed E-state index contributed by atoms with van der Waals surface area (Å²) in [7, 11) is 3.43. The molecule has 0 spiro atoms. The Morgan fingerprint density at radius 2 is 1.78 bits per heavy atom. The topological polar surface area (TPSA) is 33.7 Å². The molecule has 0 radical (unpaired) electrons. The first-order valence-corrected chi connectivity index (χ1v) is 7.88. The molecule has 1 saturated heterocycles. The molecule has 1 N–H and O–H groups in total. The SMILES string of the molecule is CCC(C)[C@H](c1ccc(OC)cc1OC)N1CCNCC1.Cl.Cl. The number of halogens is 2. The zero-order valence-electron chi connectivity index (χ0n) is 14.5. The van der Waals surface area contributed by atoms with Crippen molar-refractivity contribution in [2.45, 2.75) is 26.3 Å². The monoisotopic (exact) mass is 364 g/mol. The van der Waals surface area contributed by atoms with E-state index in [1.54, 1.807) is 14.2 Å². The fraction of sp³-hybridized carbons (Fsp3) is 0.647. The predicted octanol–water partition coefficient (Wildman–Crippen LogP) is 3.54. The van der Waals surface area contributed by atoms with Crippen molar-refractivity contribution >= 4 is 24.8 Å². The van der Waals surface area contributed by atoms with Crippen LogP contribution in [-0.4, -0.2) is 45.3 Å². The number of rotatable bonds is 6. The summed E-state index contributed by atoms with van der Waals surface area (Å²) in [5, 5.41) is 3.43. The summed E-state index contributed by atoms with van der Waals surface area (Å²) in [6.07, 6.45) is 1.16. The standard InChI is InChI=1S/C17H28N2O2.2ClH/c1-5-13(2)17(19-10-8-18-9-11-19)15-7-6-14(20-3)12-16(15)21-4;;/h6-7,12-13,17-18H,5,8-11H2,1-4H3;2*1H/t13?,17-;;/m1../s1. The molecule has 0 aromatic heterocycles. The second kappa shape index (κ2) is 11.0. The van der Waals surface area contributed by atoms with Gasteiger partial charge in [-0.25, -0.2) is 0 Å². The van der Waals surface area contributed by atoms with Gasteiger partial charge in [0.1, 0.15) is 11.5 Å². The summed E-state index contributed by atoms with van der Waals surface area (Å²) in [5.41, 5.74) is 1.27. The van der Waals surface area contributed by atoms with Crippen molar-refractivity contribution in [1.29, 1.82) is 0 Å². The van der Waals surface area contributed by atoms with Crippen LogP contribution < -0.4 is 14.8 Å². The lowest BCUT2D eigenvalue weighted by atomic mass is 9.90. The van der Waals surface area contributed by atoms with Gasteiger partial charge in [-0.2, -0.15) is 0 Å². The van der Waals surface area contributed by atoms with Crippen molar-refractivity contribution in [2.75, 3.05) is 40.4 Å². The Labute approximate surface area is 152 Å². The van der Waals surface area contributed by atoms with E-state index >= 15 is 0 Å². The highest BCUT2D eigenvalue weighted by Gasteiger charge is 2.28. The fourth-order valence-corrected chi connectivity index (χ4v) is 3.11. The number of nitrogens with zero attached hydrogens (tertiary/aromatic N) is 1. The number of hydrogen-bond acceptors (Lipinski definition) is 4. The molecule has 1 fully saturated rings. The van der Waals surface area contributed by atoms with E-state index in [1.165, 1.54) is 5.56 Å². The number of ether oxygens (including phenoxy) is 2. The third kappa shape index (κ3) is 5.42. The number of hydrogen-bond donors (Lipinski definition) is 1. The van der Waals surface area contributed by atoms with Crippen LogP contribution in [0.1, 0.15) is 31.9 Å². The van der Waals surface area contributed by atoms with E-state index in [1.807, 2.05) is 12.1 Å². The van der Waals surface area contributed by atoms with Gasteiger partial charge < -0.3 is 14.8 Å². The maximum Gasteiger partial charge on any atom is 0.127 e. The minimum absolute atomic E-state index is 0. The van der Waals surface area contributed by atoms with Crippen molar-refractivity contribution in [3.63, 3.8) is 0 Å². The van der Waals surface area contributed by atoms with E-state index in [9.17, 15) is 0 Å². The Balaban J connectivity index is 0.00000242. The van der Waals surface area contributed by atoms with E-state index in [-0.39, 0.29) is 24.8 Å². The van der Waals surface area contributed by atoms with Crippen LogP contribution in [0.2, 0.25) is 0 Å². The molecule has 0 bridgehead atoms. The van der Waals surface area contributed by atoms with Crippen molar-refractivity contribution in [2.24, 2.45) is 5.92 Å². The second-order valence-electron chi connectivity index (χ2n) is 5.72. The Morgan fingerprint density at radius 3 is 2.30 bits per heavy atom. The highest BCUT2D eigenvalue weighted by atomic mass is 35.5. The maximum absolute atomic E-state index is 5.63. The first-order chi connectivity index (χ1) is 10.2. The van der Waals surface area contributed by atoms with Gasteiger partial charge in [-0.1, -0.05) is 26.3 Å². The molecule has 1 aromatic rings. The molecule has 6 heteroatoms. The van der Waals surface area contributed by atoms with E-state index in [4.69, 9.17) is 9.47 Å². The molecule has 1 aliphatic heterocycles. The molecule has 134 valence electrons. The summed E-state index contributed by atoms with van der Waals surface area (Å²) in [4.78, 5) is 2.58. The molecule has 2 atom stereocenters. The maximum atomic E-state index is 5.63. The normalized spacial score (nSPS) is 17.4. The molecular formula is C17H30Cl2N2O2. The summed E-state index contributed by atoms with van der Waals surface area (Å²) in [6, 6.07) is 6.59. The van der Waals surface area contributed by atoms with Crippen LogP contribution in [0, 0.1) is 5.92 Å². The highest BCUT2D eigenvalue weighted by Crippen LogP contribution is 2.38. The fourth-order valence-electron chi connectivity index (χ4n) is 3.11. The summed E-state index contributed by atoms with van der Waals surface area (Å²) in [5.74, 6) is 2.36. The third-order valence-corrected chi connectivity index (χ3v) is 4.49. The molecule has 4 nitrogen and oxygen atoms in total. The number of piperazine rings is 1. The van der Waals surface area contributed by atoms with Crippen LogP contribution in [0.4, 0.5) is 0 Å². The molecule has 1 unspecified atom stereocenters. The van der Waals surface area contributed by atoms with Gasteiger partial charge in [0.25, 0.3) is 0 Å². The van der Waals surface area contributed by atoms with Gasteiger partial charge in [0.15, 0.2) is 0 Å². The molecule has 2 rings (SSSR count). The van der Waals surface area contributed by atoms with Gasteiger partial charge in [-0.3, -0.25) is 4.90 Å². The average molecular weight is 365 g/mol. The van der Waals surface area contributed by atoms with Crippen molar-refractivity contribution in [1.82, 2.24) is 10.2 Å². The van der Waals surface area contributed by atoms with Crippen LogP contribution >= 0.6 is 24.8 Å². The van der Waals surface area contributed by atoms with E-state index in [2.05, 4.69) is 30.1 Å². The molecule has 0 amide bonds. The zero-order valence-corrected chi connectivity index (χ0v) is 16.1. The summed E-state index contributed by atoms with van der Waals surface area (Å²) >= 11 is 0. The van der Waals surface area contributed by atoms with Gasteiger partial charge in [0.2, 0.25) is 0 Å². The number of benzene rings is 1. The molecule has 1 heterocycles. The van der Waals surface area contributed by atoms with Gasteiger partial charge >= 0.3 is 0 Å². The van der Waals surface area contributed by atoms with Crippen LogP contribution in [0.15, 0.2) is 18.2 Å². The Morgan fingerprint density at radius 1 is 1.13 bits per heavy atom. The van der Waals surface area contributed by atoms with Crippen LogP contribution in [-0.2, 0) is 0 Å². The second-order valence-corrected chi connectivity index (χ2v) is 5.72. The summed E-state index contributed by atoms with van der Waals surface area (Å²) < 4.78 is 11.0. The minimum atomic E-state index is 0. The Hall–Kier alpha value is -0.680. The molecule has 1 aromatic carbocycles. The minimum Gasteiger partial charge on any atom is -0.497 e.